The van der Waals surface area contributed by atoms with Crippen molar-refractivity contribution in [2.24, 2.45) is 5.92 Å². The van der Waals surface area contributed by atoms with Gasteiger partial charge in [0.1, 0.15) is 16.6 Å². The molecule has 4 aromatic rings. The molecule has 2 N–H and O–H groups in total. The molecule has 0 atom stereocenters. The molecule has 4 heterocycles. The maximum absolute atomic E-state index is 12.8. The highest BCUT2D eigenvalue weighted by Gasteiger charge is 2.28. The van der Waals surface area contributed by atoms with Crippen molar-refractivity contribution in [3.63, 3.8) is 0 Å². The number of hydrogen-bond donors (Lipinski definition) is 2. The summed E-state index contributed by atoms with van der Waals surface area (Å²) in [5.41, 5.74) is 1.71. The molecule has 5 rings (SSSR count). The number of hydrogen-bond acceptors (Lipinski definition) is 7. The van der Waals surface area contributed by atoms with Crippen LogP contribution in [0.2, 0.25) is 5.02 Å². The number of aromatic nitrogens is 5. The van der Waals surface area contributed by atoms with Gasteiger partial charge in [0, 0.05) is 30.1 Å². The third-order valence-electron chi connectivity index (χ3n) is 6.10. The average molecular weight is 542 g/mol. The van der Waals surface area contributed by atoms with Gasteiger partial charge in [-0.15, -0.1) is 0 Å². The third kappa shape index (κ3) is 5.62. The van der Waals surface area contributed by atoms with E-state index in [9.17, 15) is 9.59 Å². The summed E-state index contributed by atoms with van der Waals surface area (Å²) in [6.07, 6.45) is 5.00. The highest BCUT2D eigenvalue weighted by atomic mass is 35.5. The fraction of sp³-hybridized carbons (Fsp3) is 0.400. The van der Waals surface area contributed by atoms with Gasteiger partial charge in [-0.3, -0.25) is 14.5 Å². The number of thiazole rings is 1. The van der Waals surface area contributed by atoms with Crippen LogP contribution in [0.1, 0.15) is 40.0 Å². The summed E-state index contributed by atoms with van der Waals surface area (Å²) in [4.78, 5) is 35.5. The molecule has 1 aliphatic rings. The molecule has 0 bridgehead atoms. The lowest BCUT2D eigenvalue weighted by Gasteiger charge is -2.33. The summed E-state index contributed by atoms with van der Waals surface area (Å²) in [6, 6.07) is 7.55. The molecule has 2 amide bonds. The molecule has 0 saturated carbocycles. The third-order valence-corrected chi connectivity index (χ3v) is 7.40. The summed E-state index contributed by atoms with van der Waals surface area (Å²) in [7, 11) is 0. The first kappa shape index (κ1) is 25.2. The fourth-order valence-electron chi connectivity index (χ4n) is 4.33. The van der Waals surface area contributed by atoms with Gasteiger partial charge in [-0.2, -0.15) is 5.10 Å². The van der Waals surface area contributed by atoms with Crippen LogP contribution >= 0.6 is 22.9 Å². The maximum atomic E-state index is 12.8. The second kappa shape index (κ2) is 10.1. The van der Waals surface area contributed by atoms with Crippen LogP contribution in [0, 0.1) is 5.92 Å². The molecule has 12 heteroatoms. The van der Waals surface area contributed by atoms with Gasteiger partial charge in [-0.1, -0.05) is 41.1 Å². The van der Waals surface area contributed by atoms with E-state index in [1.54, 1.807) is 17.4 Å². The van der Waals surface area contributed by atoms with E-state index in [0.717, 1.165) is 28.8 Å². The van der Waals surface area contributed by atoms with Crippen LogP contribution in [-0.2, 0) is 9.53 Å². The molecular weight excluding hydrogens is 514 g/mol. The van der Waals surface area contributed by atoms with Gasteiger partial charge in [-0.25, -0.2) is 14.8 Å². The van der Waals surface area contributed by atoms with E-state index in [4.69, 9.17) is 16.3 Å². The summed E-state index contributed by atoms with van der Waals surface area (Å²) in [5.74, 6) is 0.737. The summed E-state index contributed by atoms with van der Waals surface area (Å²) < 4.78 is 8.10. The number of anilines is 1. The van der Waals surface area contributed by atoms with Crippen molar-refractivity contribution in [2.45, 2.75) is 45.6 Å². The second-order valence-corrected chi connectivity index (χ2v) is 11.4. The average Bonchev–Trinajstić information content (AvgIpc) is 3.55. The van der Waals surface area contributed by atoms with Crippen LogP contribution in [0.5, 0.6) is 0 Å². The number of halogens is 1. The SMILES string of the molecule is CC(C)(C)OC(=O)N1CCC(CC(=O)Nc2nc3[nH]nc(-n4cncc4-c4ccccc4Cl)c3s2)CC1. The minimum Gasteiger partial charge on any atom is -0.444 e. The lowest BCUT2D eigenvalue weighted by Crippen LogP contribution is -2.42. The Balaban J connectivity index is 1.23. The van der Waals surface area contributed by atoms with Crippen molar-refractivity contribution in [2.75, 3.05) is 18.4 Å². The Hall–Kier alpha value is -3.44. The lowest BCUT2D eigenvalue weighted by molar-refractivity contribution is -0.117. The number of ether oxygens (including phenoxy) is 1. The molecule has 0 aliphatic carbocycles. The lowest BCUT2D eigenvalue weighted by atomic mass is 9.93. The van der Waals surface area contributed by atoms with Crippen molar-refractivity contribution >= 4 is 50.4 Å². The van der Waals surface area contributed by atoms with Crippen molar-refractivity contribution in [1.29, 1.82) is 0 Å². The molecule has 1 fully saturated rings. The van der Waals surface area contributed by atoms with Crippen molar-refractivity contribution in [3.8, 4) is 17.1 Å². The van der Waals surface area contributed by atoms with E-state index in [2.05, 4.69) is 25.5 Å². The normalized spacial score (nSPS) is 14.8. The van der Waals surface area contributed by atoms with Gasteiger partial charge >= 0.3 is 6.09 Å². The number of imidazole rings is 1. The maximum Gasteiger partial charge on any atom is 0.410 e. The van der Waals surface area contributed by atoms with E-state index in [-0.39, 0.29) is 17.9 Å². The summed E-state index contributed by atoms with van der Waals surface area (Å²) in [6.45, 7) is 6.73. The minimum atomic E-state index is -0.519. The number of amides is 2. The summed E-state index contributed by atoms with van der Waals surface area (Å²) in [5, 5.41) is 11.4. The molecule has 1 aromatic carbocycles. The Morgan fingerprint density at radius 2 is 2.00 bits per heavy atom. The highest BCUT2D eigenvalue weighted by molar-refractivity contribution is 7.22. The number of rotatable bonds is 5. The minimum absolute atomic E-state index is 0.0963. The smallest absolute Gasteiger partial charge is 0.410 e. The number of likely N-dealkylation sites (tertiary alicyclic amines) is 1. The van der Waals surface area contributed by atoms with Crippen molar-refractivity contribution in [3.05, 3.63) is 41.8 Å². The largest absolute Gasteiger partial charge is 0.444 e. The van der Waals surface area contributed by atoms with Crippen LogP contribution in [0.4, 0.5) is 9.93 Å². The first-order chi connectivity index (χ1) is 17.7. The number of carbonyl (C=O) groups excluding carboxylic acids is 2. The molecular formula is C25H28ClN7O3S. The Bertz CT molecular complexity index is 1430. The van der Waals surface area contributed by atoms with E-state index >= 15 is 0 Å². The van der Waals surface area contributed by atoms with Crippen LogP contribution in [0.25, 0.3) is 27.4 Å². The van der Waals surface area contributed by atoms with Crippen LogP contribution < -0.4 is 5.32 Å². The number of aromatic amines is 1. The Kier molecular flexibility index (Phi) is 6.91. The van der Waals surface area contributed by atoms with Gasteiger partial charge in [0.2, 0.25) is 5.91 Å². The molecule has 0 spiro atoms. The second-order valence-electron chi connectivity index (χ2n) is 10.0. The Morgan fingerprint density at radius 1 is 1.24 bits per heavy atom. The van der Waals surface area contributed by atoms with Crippen molar-refractivity contribution < 1.29 is 14.3 Å². The van der Waals surface area contributed by atoms with Gasteiger partial charge < -0.3 is 15.0 Å². The number of fused-ring (bicyclic) bond motifs is 1. The standard InChI is InChI=1S/C25H28ClN7O3S/c1-25(2,3)36-24(35)32-10-8-15(9-11-32)12-19(34)28-23-29-21-20(37-23)22(31-30-21)33-14-27-13-18(33)16-6-4-5-7-17(16)26/h4-7,13-15H,8-12H2,1-3H3,(H2,28,29,30,31,34). The number of nitrogens with zero attached hydrogens (tertiary/aromatic N) is 5. The quantitative estimate of drug-likeness (QED) is 0.344. The number of nitrogens with one attached hydrogen (secondary N) is 2. The topological polar surface area (TPSA) is 118 Å². The predicted octanol–water partition coefficient (Wildman–Crippen LogP) is 5.50. The first-order valence-corrected chi connectivity index (χ1v) is 13.3. The van der Waals surface area contributed by atoms with Gasteiger partial charge in [-0.05, 0) is 45.6 Å². The zero-order chi connectivity index (χ0) is 26.2. The molecule has 37 heavy (non-hydrogen) atoms. The monoisotopic (exact) mass is 541 g/mol. The van der Waals surface area contributed by atoms with Gasteiger partial charge in [0.15, 0.2) is 16.6 Å². The van der Waals surface area contributed by atoms with Gasteiger partial charge in [0.05, 0.1) is 11.9 Å². The van der Waals surface area contributed by atoms with E-state index in [1.807, 2.05) is 49.6 Å². The predicted molar refractivity (Wildman–Crippen MR) is 143 cm³/mol. The Labute approximate surface area is 223 Å². The number of piperidine rings is 1. The molecule has 1 aliphatic heterocycles. The van der Waals surface area contributed by atoms with E-state index in [0.29, 0.717) is 41.1 Å². The number of H-pyrrole nitrogens is 1. The molecule has 1 saturated heterocycles. The summed E-state index contributed by atoms with van der Waals surface area (Å²) >= 11 is 7.75. The molecule has 3 aromatic heterocycles. The van der Waals surface area contributed by atoms with E-state index < -0.39 is 5.60 Å². The molecule has 194 valence electrons. The Morgan fingerprint density at radius 3 is 2.73 bits per heavy atom. The highest BCUT2D eigenvalue weighted by Crippen LogP contribution is 2.34. The van der Waals surface area contributed by atoms with Gasteiger partial charge in [0.25, 0.3) is 0 Å². The van der Waals surface area contributed by atoms with Crippen LogP contribution in [0.15, 0.2) is 36.8 Å². The number of carbonyl (C=O) groups is 2. The fourth-order valence-corrected chi connectivity index (χ4v) is 5.48. The van der Waals surface area contributed by atoms with Crippen LogP contribution in [0.3, 0.4) is 0 Å². The first-order valence-electron chi connectivity index (χ1n) is 12.1. The molecule has 10 nitrogen and oxygen atoms in total. The molecule has 0 unspecified atom stereocenters. The van der Waals surface area contributed by atoms with E-state index in [1.165, 1.54) is 11.3 Å². The zero-order valence-electron chi connectivity index (χ0n) is 20.8. The zero-order valence-corrected chi connectivity index (χ0v) is 22.4. The number of benzene rings is 1. The molecule has 0 radical (unpaired) electrons. The van der Waals surface area contributed by atoms with Crippen LogP contribution in [-0.4, -0.2) is 60.3 Å². The van der Waals surface area contributed by atoms with Crippen molar-refractivity contribution in [1.82, 2.24) is 29.6 Å².